The minimum atomic E-state index is -0.593. The van der Waals surface area contributed by atoms with Gasteiger partial charge in [0.1, 0.15) is 22.2 Å². The molecule has 0 bridgehead atoms. The first-order valence-corrected chi connectivity index (χ1v) is 12.5. The Hall–Kier alpha value is -3.93. The highest BCUT2D eigenvalue weighted by Crippen LogP contribution is 2.39. The van der Waals surface area contributed by atoms with Crippen molar-refractivity contribution in [1.82, 2.24) is 5.16 Å². The maximum atomic E-state index is 13.1. The second-order valence-electron chi connectivity index (χ2n) is 8.33. The van der Waals surface area contributed by atoms with Crippen LogP contribution in [0.25, 0.3) is 28.3 Å². The number of nitrogens with one attached hydrogen (secondary N) is 1. The zero-order valence-electron chi connectivity index (χ0n) is 19.3. The fraction of sp³-hybridized carbons (Fsp3) is 0.185. The van der Waals surface area contributed by atoms with Gasteiger partial charge in [0.25, 0.3) is 5.91 Å². The topological polar surface area (TPSA) is 105 Å². The number of hydrogen-bond acceptors (Lipinski definition) is 7. The number of hydrogen-bond donors (Lipinski definition) is 1. The highest BCUT2D eigenvalue weighted by molar-refractivity contribution is 7.17. The number of fused-ring (bicyclic) bond motifs is 2. The van der Waals surface area contributed by atoms with Crippen molar-refractivity contribution < 1.29 is 18.8 Å². The lowest BCUT2D eigenvalue weighted by atomic mass is 9.95. The molecule has 0 aliphatic heterocycles. The molecule has 0 spiro atoms. The molecule has 1 aliphatic rings. The second kappa shape index (κ2) is 9.97. The number of nitrogens with zero attached hydrogens (tertiary/aromatic N) is 2. The highest BCUT2D eigenvalue weighted by atomic mass is 35.5. The molecule has 9 heteroatoms. The Morgan fingerprint density at radius 3 is 2.72 bits per heavy atom. The molecule has 7 nitrogen and oxygen atoms in total. The average Bonchev–Trinajstić information content (AvgIpc) is 3.48. The molecule has 0 atom stereocenters. The summed E-state index contributed by atoms with van der Waals surface area (Å²) in [4.78, 5) is 26.6. The Bertz CT molecular complexity index is 1560. The number of ether oxygens (including phenoxy) is 1. The number of thiophene rings is 1. The Morgan fingerprint density at radius 1 is 1.19 bits per heavy atom. The number of nitriles is 1. The number of anilines is 1. The smallest absolute Gasteiger partial charge is 0.341 e. The van der Waals surface area contributed by atoms with Crippen molar-refractivity contribution in [2.75, 3.05) is 12.4 Å². The third-order valence-electron chi connectivity index (χ3n) is 6.07. The number of methoxy groups -OCH3 is 1. The SMILES string of the molecule is COC(=O)c1c(NC(=O)/C(C#N)=C/c2ccc3noc(-c4ccc(Cl)cc4)c3c2)sc2c1CCCC2. The predicted molar refractivity (Wildman–Crippen MR) is 139 cm³/mol. The van der Waals surface area contributed by atoms with Crippen LogP contribution in [0.15, 0.2) is 52.6 Å². The minimum Gasteiger partial charge on any atom is -0.465 e. The van der Waals surface area contributed by atoms with Gasteiger partial charge in [0.15, 0.2) is 5.76 Å². The van der Waals surface area contributed by atoms with Crippen molar-refractivity contribution in [1.29, 1.82) is 5.26 Å². The molecule has 1 N–H and O–H groups in total. The summed E-state index contributed by atoms with van der Waals surface area (Å²) in [5, 5.41) is 18.4. The molecule has 36 heavy (non-hydrogen) atoms. The first-order chi connectivity index (χ1) is 17.5. The van der Waals surface area contributed by atoms with Gasteiger partial charge in [-0.1, -0.05) is 22.8 Å². The van der Waals surface area contributed by atoms with Gasteiger partial charge >= 0.3 is 5.97 Å². The van der Waals surface area contributed by atoms with Crippen molar-refractivity contribution in [3.63, 3.8) is 0 Å². The van der Waals surface area contributed by atoms with E-state index in [4.69, 9.17) is 20.9 Å². The number of aromatic nitrogens is 1. The lowest BCUT2D eigenvalue weighted by molar-refractivity contribution is -0.112. The number of benzene rings is 2. The summed E-state index contributed by atoms with van der Waals surface area (Å²) in [6.45, 7) is 0. The minimum absolute atomic E-state index is 0.0963. The van der Waals surface area contributed by atoms with Crippen LogP contribution < -0.4 is 5.32 Å². The van der Waals surface area contributed by atoms with Crippen LogP contribution in [0.5, 0.6) is 0 Å². The quantitative estimate of drug-likeness (QED) is 0.186. The largest absolute Gasteiger partial charge is 0.465 e. The van der Waals surface area contributed by atoms with Gasteiger partial charge in [0.05, 0.1) is 18.1 Å². The first-order valence-electron chi connectivity index (χ1n) is 11.3. The Balaban J connectivity index is 1.46. The first kappa shape index (κ1) is 23.8. The molecule has 0 unspecified atom stereocenters. The van der Waals surface area contributed by atoms with Crippen LogP contribution in [0.1, 0.15) is 39.2 Å². The summed E-state index contributed by atoms with van der Waals surface area (Å²) in [7, 11) is 1.32. The Kier molecular flexibility index (Phi) is 6.59. The molecule has 1 amide bonds. The van der Waals surface area contributed by atoms with Gasteiger partial charge in [-0.25, -0.2) is 4.79 Å². The van der Waals surface area contributed by atoms with Crippen molar-refractivity contribution in [2.24, 2.45) is 0 Å². The summed E-state index contributed by atoms with van der Waals surface area (Å²) < 4.78 is 10.5. The zero-order chi connectivity index (χ0) is 25.2. The summed E-state index contributed by atoms with van der Waals surface area (Å²) in [5.41, 5.74) is 3.31. The zero-order valence-corrected chi connectivity index (χ0v) is 20.8. The van der Waals surface area contributed by atoms with Crippen LogP contribution in [0, 0.1) is 11.3 Å². The molecule has 180 valence electrons. The molecule has 0 saturated carbocycles. The van der Waals surface area contributed by atoms with E-state index in [-0.39, 0.29) is 5.57 Å². The molecule has 4 aromatic rings. The van der Waals surface area contributed by atoms with E-state index in [9.17, 15) is 14.9 Å². The third kappa shape index (κ3) is 4.51. The van der Waals surface area contributed by atoms with Crippen molar-refractivity contribution in [3.05, 3.63) is 74.6 Å². The van der Waals surface area contributed by atoms with Gasteiger partial charge in [0.2, 0.25) is 0 Å². The maximum Gasteiger partial charge on any atom is 0.341 e. The van der Waals surface area contributed by atoms with E-state index in [0.717, 1.165) is 47.1 Å². The molecule has 2 heterocycles. The molecular weight excluding hydrogens is 498 g/mol. The number of halogens is 1. The maximum absolute atomic E-state index is 13.1. The van der Waals surface area contributed by atoms with Crippen LogP contribution in [-0.2, 0) is 22.4 Å². The molecular formula is C27H20ClN3O4S. The van der Waals surface area contributed by atoms with Crippen LogP contribution >= 0.6 is 22.9 Å². The number of amides is 1. The predicted octanol–water partition coefficient (Wildman–Crippen LogP) is 6.42. The van der Waals surface area contributed by atoms with Gasteiger partial charge in [-0.15, -0.1) is 11.3 Å². The van der Waals surface area contributed by atoms with E-state index in [1.54, 1.807) is 24.3 Å². The average molecular weight is 518 g/mol. The van der Waals surface area contributed by atoms with Crippen LogP contribution in [0.4, 0.5) is 5.00 Å². The molecule has 5 rings (SSSR count). The Morgan fingerprint density at radius 2 is 1.97 bits per heavy atom. The monoisotopic (exact) mass is 517 g/mol. The van der Waals surface area contributed by atoms with Crippen LogP contribution in [0.2, 0.25) is 5.02 Å². The van der Waals surface area contributed by atoms with E-state index in [1.165, 1.54) is 24.5 Å². The van der Waals surface area contributed by atoms with Gasteiger partial charge in [-0.05, 0) is 79.3 Å². The number of carbonyl (C=O) groups excluding carboxylic acids is 2. The van der Waals surface area contributed by atoms with Crippen molar-refractivity contribution in [2.45, 2.75) is 25.7 Å². The molecule has 0 saturated heterocycles. The molecule has 0 radical (unpaired) electrons. The highest BCUT2D eigenvalue weighted by Gasteiger charge is 2.27. The lowest BCUT2D eigenvalue weighted by Gasteiger charge is -2.11. The fourth-order valence-electron chi connectivity index (χ4n) is 4.32. The number of rotatable bonds is 5. The number of esters is 1. The van der Waals surface area contributed by atoms with Gasteiger partial charge in [-0.3, -0.25) is 4.79 Å². The van der Waals surface area contributed by atoms with Crippen LogP contribution in [-0.4, -0.2) is 24.1 Å². The van der Waals surface area contributed by atoms with E-state index >= 15 is 0 Å². The van der Waals surface area contributed by atoms with Gasteiger partial charge in [0, 0.05) is 15.5 Å². The van der Waals surface area contributed by atoms with E-state index in [2.05, 4.69) is 10.5 Å². The third-order valence-corrected chi connectivity index (χ3v) is 7.53. The van der Waals surface area contributed by atoms with E-state index in [1.807, 2.05) is 24.3 Å². The Labute approximate surface area is 215 Å². The molecule has 2 aromatic heterocycles. The summed E-state index contributed by atoms with van der Waals surface area (Å²) >= 11 is 7.37. The summed E-state index contributed by atoms with van der Waals surface area (Å²) in [6, 6.07) is 14.5. The summed E-state index contributed by atoms with van der Waals surface area (Å²) in [6.07, 6.45) is 5.14. The van der Waals surface area contributed by atoms with Crippen molar-refractivity contribution >= 4 is 56.8 Å². The van der Waals surface area contributed by atoms with E-state index < -0.39 is 11.9 Å². The normalized spacial score (nSPS) is 13.2. The standard InChI is InChI=1S/C27H20ClN3O4S/c1-34-27(33)23-19-4-2-3-5-22(19)36-26(23)30-25(32)17(14-29)12-15-6-11-21-20(13-15)24(35-31-21)16-7-9-18(28)10-8-16/h6-13H,2-5H2,1H3,(H,30,32)/b17-12+. The number of carbonyl (C=O) groups is 2. The molecule has 1 aliphatic carbocycles. The summed E-state index contributed by atoms with van der Waals surface area (Å²) in [5.74, 6) is -0.517. The second-order valence-corrected chi connectivity index (χ2v) is 9.87. The van der Waals surface area contributed by atoms with Crippen molar-refractivity contribution in [3.8, 4) is 17.4 Å². The van der Waals surface area contributed by atoms with Gasteiger partial charge in [-0.2, -0.15) is 5.26 Å². The number of aryl methyl sites for hydroxylation is 1. The lowest BCUT2D eigenvalue weighted by Crippen LogP contribution is -2.16. The van der Waals surface area contributed by atoms with Gasteiger partial charge < -0.3 is 14.6 Å². The van der Waals surface area contributed by atoms with Crippen LogP contribution in [0.3, 0.4) is 0 Å². The van der Waals surface area contributed by atoms with E-state index in [0.29, 0.717) is 32.4 Å². The fourth-order valence-corrected chi connectivity index (χ4v) is 5.71. The molecule has 2 aromatic carbocycles. The molecule has 0 fully saturated rings.